The summed E-state index contributed by atoms with van der Waals surface area (Å²) in [4.78, 5) is 0. The zero-order valence-electron chi connectivity index (χ0n) is 10.8. The third-order valence-corrected chi connectivity index (χ3v) is 2.77. The molecule has 1 aliphatic heterocycles. The van der Waals surface area contributed by atoms with Gasteiger partial charge >= 0.3 is 0 Å². The second-order valence-corrected chi connectivity index (χ2v) is 4.47. The van der Waals surface area contributed by atoms with Crippen molar-refractivity contribution in [2.45, 2.75) is 31.4 Å². The lowest BCUT2D eigenvalue weighted by Gasteiger charge is -2.15. The van der Waals surface area contributed by atoms with Gasteiger partial charge < -0.3 is 25.3 Å². The highest BCUT2D eigenvalue weighted by atomic mass is 16.5. The molecule has 5 heteroatoms. The van der Waals surface area contributed by atoms with Crippen LogP contribution in [0.1, 0.15) is 19.3 Å². The fraction of sp³-hybridized carbons (Fsp3) is 1.00. The Morgan fingerprint density at radius 3 is 3.06 bits per heavy atom. The van der Waals surface area contributed by atoms with E-state index in [1.807, 2.05) is 0 Å². The molecule has 0 spiro atoms. The first-order valence-electron chi connectivity index (χ1n) is 6.47. The van der Waals surface area contributed by atoms with Crippen molar-refractivity contribution in [1.82, 2.24) is 5.32 Å². The zero-order valence-corrected chi connectivity index (χ0v) is 10.8. The lowest BCUT2D eigenvalue weighted by Crippen LogP contribution is -2.40. The maximum atomic E-state index is 5.91. The highest BCUT2D eigenvalue weighted by molar-refractivity contribution is 4.70. The SMILES string of the molecule is COCCCOCC(N)CNCC1CCCO1. The number of hydrogen-bond donors (Lipinski definition) is 2. The van der Waals surface area contributed by atoms with Gasteiger partial charge in [0.25, 0.3) is 0 Å². The van der Waals surface area contributed by atoms with E-state index in [4.69, 9.17) is 19.9 Å². The zero-order chi connectivity index (χ0) is 12.3. The van der Waals surface area contributed by atoms with Crippen molar-refractivity contribution in [2.75, 3.05) is 46.6 Å². The molecule has 1 rings (SSSR count). The Balaban J connectivity index is 1.84. The highest BCUT2D eigenvalue weighted by Crippen LogP contribution is 2.10. The van der Waals surface area contributed by atoms with E-state index in [2.05, 4.69) is 5.32 Å². The van der Waals surface area contributed by atoms with Crippen LogP contribution >= 0.6 is 0 Å². The van der Waals surface area contributed by atoms with E-state index in [-0.39, 0.29) is 6.04 Å². The summed E-state index contributed by atoms with van der Waals surface area (Å²) in [6, 6.07) is 0.0546. The average molecular weight is 246 g/mol. The minimum absolute atomic E-state index is 0.0546. The van der Waals surface area contributed by atoms with Gasteiger partial charge in [0.2, 0.25) is 0 Å². The van der Waals surface area contributed by atoms with Crippen LogP contribution in [0.25, 0.3) is 0 Å². The highest BCUT2D eigenvalue weighted by Gasteiger charge is 2.14. The standard InChI is InChI=1S/C12H26N2O3/c1-15-5-3-6-16-10-11(13)8-14-9-12-4-2-7-17-12/h11-12,14H,2-10,13H2,1H3. The van der Waals surface area contributed by atoms with E-state index in [0.717, 1.165) is 39.1 Å². The Labute approximate surface area is 104 Å². The van der Waals surface area contributed by atoms with Gasteiger partial charge in [-0.05, 0) is 19.3 Å². The summed E-state index contributed by atoms with van der Waals surface area (Å²) >= 11 is 0. The topological polar surface area (TPSA) is 65.7 Å². The minimum Gasteiger partial charge on any atom is -0.385 e. The van der Waals surface area contributed by atoms with Crippen LogP contribution in [-0.4, -0.2) is 58.8 Å². The molecule has 0 amide bonds. The Bertz CT molecular complexity index is 175. The van der Waals surface area contributed by atoms with E-state index in [1.165, 1.54) is 6.42 Å². The molecule has 0 aromatic rings. The molecule has 102 valence electrons. The molecule has 1 heterocycles. The Morgan fingerprint density at radius 1 is 1.47 bits per heavy atom. The van der Waals surface area contributed by atoms with E-state index >= 15 is 0 Å². The summed E-state index contributed by atoms with van der Waals surface area (Å²) in [6.07, 6.45) is 3.65. The van der Waals surface area contributed by atoms with Gasteiger partial charge in [-0.15, -0.1) is 0 Å². The van der Waals surface area contributed by atoms with Gasteiger partial charge in [-0.2, -0.15) is 0 Å². The van der Waals surface area contributed by atoms with Gasteiger partial charge in [-0.3, -0.25) is 0 Å². The molecule has 2 unspecified atom stereocenters. The summed E-state index contributed by atoms with van der Waals surface area (Å²) < 4.78 is 15.9. The maximum Gasteiger partial charge on any atom is 0.0700 e. The molecule has 0 aliphatic carbocycles. The lowest BCUT2D eigenvalue weighted by atomic mass is 10.2. The first kappa shape index (κ1) is 14.9. The van der Waals surface area contributed by atoms with E-state index in [9.17, 15) is 0 Å². The van der Waals surface area contributed by atoms with E-state index in [1.54, 1.807) is 7.11 Å². The van der Waals surface area contributed by atoms with Gasteiger partial charge in [-0.1, -0.05) is 0 Å². The van der Waals surface area contributed by atoms with Crippen molar-refractivity contribution >= 4 is 0 Å². The second kappa shape index (κ2) is 9.79. The van der Waals surface area contributed by atoms with Crippen LogP contribution in [0.3, 0.4) is 0 Å². The molecule has 0 saturated carbocycles. The van der Waals surface area contributed by atoms with Gasteiger partial charge in [-0.25, -0.2) is 0 Å². The fourth-order valence-corrected chi connectivity index (χ4v) is 1.83. The minimum atomic E-state index is 0.0546. The molecule has 1 fully saturated rings. The summed E-state index contributed by atoms with van der Waals surface area (Å²) in [5, 5.41) is 3.32. The van der Waals surface area contributed by atoms with Crippen molar-refractivity contribution in [3.8, 4) is 0 Å². The lowest BCUT2D eigenvalue weighted by molar-refractivity contribution is 0.0899. The number of nitrogens with two attached hydrogens (primary N) is 1. The molecular weight excluding hydrogens is 220 g/mol. The summed E-state index contributed by atoms with van der Waals surface area (Å²) in [6.45, 7) is 4.64. The number of ether oxygens (including phenoxy) is 3. The van der Waals surface area contributed by atoms with Crippen molar-refractivity contribution < 1.29 is 14.2 Å². The maximum absolute atomic E-state index is 5.91. The summed E-state index contributed by atoms with van der Waals surface area (Å²) in [7, 11) is 1.70. The monoisotopic (exact) mass is 246 g/mol. The molecule has 3 N–H and O–H groups in total. The Kier molecular flexibility index (Phi) is 8.56. The average Bonchev–Trinajstić information content (AvgIpc) is 2.82. The van der Waals surface area contributed by atoms with Crippen LogP contribution in [0.2, 0.25) is 0 Å². The van der Waals surface area contributed by atoms with Gasteiger partial charge in [0.15, 0.2) is 0 Å². The molecule has 5 nitrogen and oxygen atoms in total. The van der Waals surface area contributed by atoms with E-state index in [0.29, 0.717) is 19.3 Å². The normalized spacial score (nSPS) is 21.9. The third kappa shape index (κ3) is 7.68. The third-order valence-electron chi connectivity index (χ3n) is 2.77. The Hall–Kier alpha value is -0.200. The molecule has 1 aliphatic rings. The van der Waals surface area contributed by atoms with Gasteiger partial charge in [0.1, 0.15) is 0 Å². The van der Waals surface area contributed by atoms with Crippen molar-refractivity contribution in [3.05, 3.63) is 0 Å². The van der Waals surface area contributed by atoms with Crippen LogP contribution in [0.4, 0.5) is 0 Å². The molecule has 0 radical (unpaired) electrons. The molecule has 2 atom stereocenters. The second-order valence-electron chi connectivity index (χ2n) is 4.47. The summed E-state index contributed by atoms with van der Waals surface area (Å²) in [5.41, 5.74) is 5.91. The molecule has 17 heavy (non-hydrogen) atoms. The van der Waals surface area contributed by atoms with Crippen molar-refractivity contribution in [2.24, 2.45) is 5.73 Å². The molecule has 0 bridgehead atoms. The van der Waals surface area contributed by atoms with Crippen LogP contribution in [0.15, 0.2) is 0 Å². The van der Waals surface area contributed by atoms with Crippen LogP contribution < -0.4 is 11.1 Å². The molecule has 0 aromatic heterocycles. The van der Waals surface area contributed by atoms with Crippen LogP contribution in [0.5, 0.6) is 0 Å². The smallest absolute Gasteiger partial charge is 0.0700 e. The van der Waals surface area contributed by atoms with Gasteiger partial charge in [0.05, 0.1) is 12.7 Å². The largest absolute Gasteiger partial charge is 0.385 e. The number of nitrogens with one attached hydrogen (secondary N) is 1. The quantitative estimate of drug-likeness (QED) is 0.537. The van der Waals surface area contributed by atoms with Crippen molar-refractivity contribution in [1.29, 1.82) is 0 Å². The fourth-order valence-electron chi connectivity index (χ4n) is 1.83. The predicted molar refractivity (Wildman–Crippen MR) is 67.1 cm³/mol. The number of rotatable bonds is 10. The van der Waals surface area contributed by atoms with Crippen LogP contribution in [-0.2, 0) is 14.2 Å². The Morgan fingerprint density at radius 2 is 2.35 bits per heavy atom. The molecule has 0 aromatic carbocycles. The van der Waals surface area contributed by atoms with E-state index < -0.39 is 0 Å². The first-order chi connectivity index (χ1) is 8.33. The first-order valence-corrected chi connectivity index (χ1v) is 6.47. The predicted octanol–water partition coefficient (Wildman–Crippen LogP) is 0.135. The molecule has 1 saturated heterocycles. The van der Waals surface area contributed by atoms with Crippen molar-refractivity contribution in [3.63, 3.8) is 0 Å². The summed E-state index contributed by atoms with van der Waals surface area (Å²) in [5.74, 6) is 0. The van der Waals surface area contributed by atoms with Crippen LogP contribution in [0, 0.1) is 0 Å². The van der Waals surface area contributed by atoms with Gasteiger partial charge in [0, 0.05) is 46.1 Å². The molecular formula is C12H26N2O3. The number of hydrogen-bond acceptors (Lipinski definition) is 5. The number of methoxy groups -OCH3 is 1.